The lowest BCUT2D eigenvalue weighted by Crippen LogP contribution is -2.49. The highest BCUT2D eigenvalue weighted by Gasteiger charge is 2.34. The van der Waals surface area contributed by atoms with Gasteiger partial charge in [0.05, 0.1) is 18.1 Å². The van der Waals surface area contributed by atoms with E-state index in [1.54, 1.807) is 0 Å². The molecular weight excluding hydrogens is 937 g/mol. The number of hydrogen-bond donors (Lipinski definition) is 3. The van der Waals surface area contributed by atoms with Crippen LogP contribution in [0.5, 0.6) is 0 Å². The quantitative estimate of drug-likeness (QED) is 0.0534. The number of carbonyl (C=O) groups excluding carboxylic acids is 6. The summed E-state index contributed by atoms with van der Waals surface area (Å²) in [5.74, 6) is -3.37. The molecule has 1 aromatic rings. The molecular formula is C63H114N6O6. The molecule has 0 saturated carbocycles. The molecule has 0 radical (unpaired) electrons. The summed E-state index contributed by atoms with van der Waals surface area (Å²) < 4.78 is 0. The number of amides is 6. The van der Waals surface area contributed by atoms with Gasteiger partial charge < -0.3 is 17.2 Å². The number of carbonyl (C=O) groups is 6. The fourth-order valence-corrected chi connectivity index (χ4v) is 10.1. The highest BCUT2D eigenvalue weighted by Crippen LogP contribution is 2.23. The van der Waals surface area contributed by atoms with Crippen LogP contribution in [0.3, 0.4) is 0 Å². The maximum Gasteiger partial charge on any atom is 0.260 e. The summed E-state index contributed by atoms with van der Waals surface area (Å²) in [6.45, 7) is 18.8. The van der Waals surface area contributed by atoms with Crippen molar-refractivity contribution >= 4 is 35.4 Å². The van der Waals surface area contributed by atoms with Gasteiger partial charge in [0.25, 0.3) is 17.7 Å². The summed E-state index contributed by atoms with van der Waals surface area (Å²) in [4.78, 5) is 91.6. The van der Waals surface area contributed by atoms with Gasteiger partial charge in [-0.1, -0.05) is 236 Å². The number of imide groups is 3. The van der Waals surface area contributed by atoms with Crippen molar-refractivity contribution in [1.82, 2.24) is 14.7 Å². The lowest BCUT2D eigenvalue weighted by Gasteiger charge is -2.28. The van der Waals surface area contributed by atoms with Crippen LogP contribution in [0.1, 0.15) is 305 Å². The van der Waals surface area contributed by atoms with Crippen molar-refractivity contribution < 1.29 is 28.8 Å². The Hall–Kier alpha value is -3.48. The number of nitrogens with two attached hydrogens (primary N) is 3. The molecule has 0 bridgehead atoms. The molecule has 0 heterocycles. The van der Waals surface area contributed by atoms with Crippen molar-refractivity contribution in [2.75, 3.05) is 19.6 Å². The van der Waals surface area contributed by atoms with E-state index >= 15 is 14.4 Å². The number of nitrogens with zero attached hydrogens (tertiary/aromatic N) is 3. The Bertz CT molecular complexity index is 1520. The van der Waals surface area contributed by atoms with Gasteiger partial charge in [-0.05, 0) is 74.5 Å². The SMILES string of the molecule is CCCCCCCCCCCCN(C(=O)c1cc(C(=O)N(CCCCCCCCCCCC)C(=O)[C@@H](N)CC(C)C)cc(C(=O)N(CCCCCCCCCCCC)C(=O)[C@@H](N)CC(C)C)c1)C(=O)[C@@H](N)CC(C)C. The minimum atomic E-state index is -0.948. The molecule has 0 aliphatic carbocycles. The largest absolute Gasteiger partial charge is 0.320 e. The predicted octanol–water partition coefficient (Wildman–Crippen LogP) is 14.5. The van der Waals surface area contributed by atoms with Crippen LogP contribution >= 0.6 is 0 Å². The fraction of sp³-hybridized carbons (Fsp3) is 0.810. The molecule has 0 aliphatic heterocycles. The van der Waals surface area contributed by atoms with Crippen LogP contribution in [0.15, 0.2) is 18.2 Å². The standard InChI is InChI=1S/C63H114N6O6/c1-10-13-16-19-22-25-28-31-34-37-40-67(61(73)55(64)43-49(4)5)58(70)52-46-53(59(71)68(62(74)56(65)44-50(6)7)41-38-35-32-29-26-23-20-17-14-11-2)48-54(47-52)60(72)69(63(75)57(66)45-51(8)9)42-39-36-33-30-27-24-21-18-15-12-3/h46-51,55-57H,10-45,64-66H2,1-9H3/t55-,56-,57-/m0/s1. The first-order chi connectivity index (χ1) is 35.9. The van der Waals surface area contributed by atoms with E-state index in [0.29, 0.717) is 38.5 Å². The predicted molar refractivity (Wildman–Crippen MR) is 312 cm³/mol. The molecule has 6 N–H and O–H groups in total. The third-order valence-electron chi connectivity index (χ3n) is 14.5. The molecule has 0 saturated heterocycles. The van der Waals surface area contributed by atoms with Gasteiger partial charge in [-0.25, -0.2) is 0 Å². The molecule has 12 heteroatoms. The summed E-state index contributed by atoms with van der Waals surface area (Å²) in [7, 11) is 0. The summed E-state index contributed by atoms with van der Waals surface area (Å²) in [5.41, 5.74) is 19.4. The van der Waals surface area contributed by atoms with Crippen LogP contribution in [0.2, 0.25) is 0 Å². The van der Waals surface area contributed by atoms with Crippen LogP contribution in [0.25, 0.3) is 0 Å². The molecule has 12 nitrogen and oxygen atoms in total. The van der Waals surface area contributed by atoms with Crippen LogP contribution in [0.4, 0.5) is 0 Å². The summed E-state index contributed by atoms with van der Waals surface area (Å²) in [6, 6.07) is 1.32. The van der Waals surface area contributed by atoms with Crippen molar-refractivity contribution in [1.29, 1.82) is 0 Å². The van der Waals surface area contributed by atoms with E-state index in [4.69, 9.17) is 17.2 Å². The Labute approximate surface area is 459 Å². The van der Waals surface area contributed by atoms with E-state index in [9.17, 15) is 14.4 Å². The van der Waals surface area contributed by atoms with Crippen LogP contribution in [-0.2, 0) is 14.4 Å². The second-order valence-corrected chi connectivity index (χ2v) is 23.4. The first-order valence-electron chi connectivity index (χ1n) is 30.9. The van der Waals surface area contributed by atoms with Gasteiger partial charge in [-0.2, -0.15) is 0 Å². The van der Waals surface area contributed by atoms with Gasteiger partial charge in [0.2, 0.25) is 17.7 Å². The Morgan fingerprint density at radius 3 is 0.667 bits per heavy atom. The van der Waals surface area contributed by atoms with Crippen LogP contribution in [-0.4, -0.2) is 87.9 Å². The van der Waals surface area contributed by atoms with Gasteiger partial charge in [-0.3, -0.25) is 43.5 Å². The number of benzene rings is 1. The average molecular weight is 1050 g/mol. The van der Waals surface area contributed by atoms with E-state index in [-0.39, 0.29) is 54.1 Å². The molecule has 0 aliphatic rings. The molecule has 0 unspecified atom stereocenters. The first kappa shape index (κ1) is 69.5. The third kappa shape index (κ3) is 30.3. The molecule has 1 aromatic carbocycles. The molecule has 0 spiro atoms. The van der Waals surface area contributed by atoms with E-state index in [1.807, 2.05) is 41.5 Å². The van der Waals surface area contributed by atoms with Gasteiger partial charge >= 0.3 is 0 Å². The Morgan fingerprint density at radius 1 is 0.320 bits per heavy atom. The molecule has 432 valence electrons. The zero-order valence-corrected chi connectivity index (χ0v) is 49.7. The molecule has 1 rings (SSSR count). The Morgan fingerprint density at radius 2 is 0.493 bits per heavy atom. The minimum Gasteiger partial charge on any atom is -0.320 e. The average Bonchev–Trinajstić information content (AvgIpc) is 3.37. The highest BCUT2D eigenvalue weighted by atomic mass is 16.2. The minimum absolute atomic E-state index is 0.0722. The summed E-state index contributed by atoms with van der Waals surface area (Å²) in [5, 5.41) is 0. The molecule has 3 atom stereocenters. The molecule has 0 aromatic heterocycles. The summed E-state index contributed by atoms with van der Waals surface area (Å²) >= 11 is 0. The number of hydrogen-bond acceptors (Lipinski definition) is 9. The smallest absolute Gasteiger partial charge is 0.260 e. The van der Waals surface area contributed by atoms with Gasteiger partial charge in [-0.15, -0.1) is 0 Å². The fourth-order valence-electron chi connectivity index (χ4n) is 10.1. The zero-order chi connectivity index (χ0) is 56.0. The van der Waals surface area contributed by atoms with E-state index < -0.39 is 53.6 Å². The van der Waals surface area contributed by atoms with Crippen molar-refractivity contribution in [2.45, 2.75) is 292 Å². The van der Waals surface area contributed by atoms with Gasteiger partial charge in [0.15, 0.2) is 0 Å². The lowest BCUT2D eigenvalue weighted by atomic mass is 9.99. The second-order valence-electron chi connectivity index (χ2n) is 23.4. The third-order valence-corrected chi connectivity index (χ3v) is 14.5. The van der Waals surface area contributed by atoms with Crippen molar-refractivity contribution in [3.05, 3.63) is 34.9 Å². The van der Waals surface area contributed by atoms with Crippen LogP contribution in [0, 0.1) is 17.8 Å². The molecule has 75 heavy (non-hydrogen) atoms. The van der Waals surface area contributed by atoms with Gasteiger partial charge in [0.1, 0.15) is 0 Å². The monoisotopic (exact) mass is 1050 g/mol. The zero-order valence-electron chi connectivity index (χ0n) is 49.7. The molecule has 0 fully saturated rings. The molecule has 6 amide bonds. The lowest BCUT2D eigenvalue weighted by molar-refractivity contribution is -0.131. The first-order valence-corrected chi connectivity index (χ1v) is 30.9. The topological polar surface area (TPSA) is 190 Å². The van der Waals surface area contributed by atoms with E-state index in [1.165, 1.54) is 129 Å². The normalized spacial score (nSPS) is 12.8. The number of rotatable bonds is 45. The van der Waals surface area contributed by atoms with Crippen LogP contribution < -0.4 is 17.2 Å². The Kier molecular flexibility index (Phi) is 39.4. The second kappa shape index (κ2) is 42.5. The maximum atomic E-state index is 15.1. The Balaban J connectivity index is 3.86. The maximum absolute atomic E-state index is 15.1. The van der Waals surface area contributed by atoms with Crippen molar-refractivity contribution in [2.24, 2.45) is 35.0 Å². The van der Waals surface area contributed by atoms with E-state index in [0.717, 1.165) is 77.0 Å². The van der Waals surface area contributed by atoms with E-state index in [2.05, 4.69) is 20.8 Å². The number of unbranched alkanes of at least 4 members (excludes halogenated alkanes) is 27. The summed E-state index contributed by atoms with van der Waals surface area (Å²) in [6.07, 6.45) is 33.2. The van der Waals surface area contributed by atoms with Gasteiger partial charge in [0, 0.05) is 36.3 Å². The highest BCUT2D eigenvalue weighted by molar-refractivity contribution is 6.13. The van der Waals surface area contributed by atoms with Crippen molar-refractivity contribution in [3.8, 4) is 0 Å². The van der Waals surface area contributed by atoms with Crippen molar-refractivity contribution in [3.63, 3.8) is 0 Å².